The van der Waals surface area contributed by atoms with Crippen molar-refractivity contribution in [3.8, 4) is 22.3 Å². The van der Waals surface area contributed by atoms with Gasteiger partial charge < -0.3 is 9.97 Å². The molecule has 4 nitrogen and oxygen atoms in total. The molecule has 4 heteroatoms. The van der Waals surface area contributed by atoms with E-state index in [9.17, 15) is 0 Å². The number of H-pyrrole nitrogens is 2. The van der Waals surface area contributed by atoms with E-state index in [1.165, 1.54) is 54.9 Å². The Balaban J connectivity index is 1.31. The van der Waals surface area contributed by atoms with Crippen LogP contribution in [0.1, 0.15) is 22.8 Å². The van der Waals surface area contributed by atoms with E-state index in [1.54, 1.807) is 0 Å². The minimum atomic E-state index is 0.948. The van der Waals surface area contributed by atoms with Crippen LogP contribution < -0.4 is 0 Å². The number of benzene rings is 5. The van der Waals surface area contributed by atoms with Gasteiger partial charge in [-0.05, 0) is 83.0 Å². The van der Waals surface area contributed by atoms with Crippen LogP contribution in [0, 0.1) is 13.8 Å². The van der Waals surface area contributed by atoms with Gasteiger partial charge in [-0.1, -0.05) is 60.7 Å². The van der Waals surface area contributed by atoms with Crippen molar-refractivity contribution in [2.24, 2.45) is 0 Å². The average molecular weight is 465 g/mol. The predicted molar refractivity (Wildman–Crippen MR) is 149 cm³/mol. The first-order valence-corrected chi connectivity index (χ1v) is 12.6. The lowest BCUT2D eigenvalue weighted by atomic mass is 9.83. The van der Waals surface area contributed by atoms with Gasteiger partial charge in [-0.15, -0.1) is 0 Å². The monoisotopic (exact) mass is 464 g/mol. The molecule has 1 aliphatic carbocycles. The van der Waals surface area contributed by atoms with Gasteiger partial charge in [0, 0.05) is 10.8 Å². The third-order valence-corrected chi connectivity index (χ3v) is 7.83. The molecule has 0 fully saturated rings. The van der Waals surface area contributed by atoms with Gasteiger partial charge in [0.25, 0.3) is 0 Å². The molecule has 7 aromatic rings. The number of fused-ring (bicyclic) bond motifs is 11. The molecule has 5 aromatic carbocycles. The van der Waals surface area contributed by atoms with E-state index >= 15 is 0 Å². The Hall–Kier alpha value is -4.44. The van der Waals surface area contributed by atoms with Gasteiger partial charge in [0.2, 0.25) is 0 Å². The minimum Gasteiger partial charge on any atom is -0.342 e. The van der Waals surface area contributed by atoms with Gasteiger partial charge >= 0.3 is 0 Å². The van der Waals surface area contributed by atoms with Crippen molar-refractivity contribution < 1.29 is 0 Å². The minimum absolute atomic E-state index is 0.948. The van der Waals surface area contributed by atoms with Crippen molar-refractivity contribution in [2.75, 3.05) is 0 Å². The van der Waals surface area contributed by atoms with Crippen molar-refractivity contribution >= 4 is 43.6 Å². The quantitative estimate of drug-likeness (QED) is 0.244. The summed E-state index contributed by atoms with van der Waals surface area (Å²) in [6.45, 7) is 4.05. The van der Waals surface area contributed by atoms with Crippen LogP contribution in [0.5, 0.6) is 0 Å². The number of hydrogen-bond donors (Lipinski definition) is 2. The second kappa shape index (κ2) is 7.05. The second-order valence-corrected chi connectivity index (χ2v) is 10.0. The summed E-state index contributed by atoms with van der Waals surface area (Å²) in [5, 5.41) is 4.93. The smallest absolute Gasteiger partial charge is 0.104 e. The summed E-state index contributed by atoms with van der Waals surface area (Å²) < 4.78 is 0. The van der Waals surface area contributed by atoms with Gasteiger partial charge in [0.1, 0.15) is 11.6 Å². The molecule has 0 saturated heterocycles. The summed E-state index contributed by atoms with van der Waals surface area (Å²) in [6.07, 6.45) is 2.05. The Labute approximate surface area is 208 Å². The molecule has 0 amide bonds. The molecule has 2 aromatic heterocycles. The van der Waals surface area contributed by atoms with E-state index in [1.807, 2.05) is 13.8 Å². The van der Waals surface area contributed by atoms with Crippen LogP contribution in [0.4, 0.5) is 0 Å². The summed E-state index contributed by atoms with van der Waals surface area (Å²) in [4.78, 5) is 16.5. The number of aromatic nitrogens is 4. The average Bonchev–Trinajstić information content (AvgIpc) is 3.49. The maximum atomic E-state index is 4.80. The highest BCUT2D eigenvalue weighted by Crippen LogP contribution is 2.40. The molecule has 36 heavy (non-hydrogen) atoms. The number of aryl methyl sites for hydroxylation is 4. The molecular weight excluding hydrogens is 440 g/mol. The van der Waals surface area contributed by atoms with E-state index in [4.69, 9.17) is 9.97 Å². The van der Waals surface area contributed by atoms with Crippen molar-refractivity contribution in [3.05, 3.63) is 95.6 Å². The van der Waals surface area contributed by atoms with Crippen molar-refractivity contribution in [1.29, 1.82) is 0 Å². The molecule has 0 unspecified atom stereocenters. The zero-order valence-electron chi connectivity index (χ0n) is 20.2. The SMILES string of the molecule is Cc1nc2c3c(ccc2[nH]1)-c1ccc(-c2ccc4c(c2)c2ccccc2c2nc(C)[nH]c42)cc1CC3. The number of imidazole rings is 2. The molecule has 0 radical (unpaired) electrons. The fourth-order valence-electron chi connectivity index (χ4n) is 6.23. The number of hydrogen-bond acceptors (Lipinski definition) is 2. The van der Waals surface area contributed by atoms with Gasteiger partial charge in [0.15, 0.2) is 0 Å². The highest BCUT2D eigenvalue weighted by atomic mass is 14.9. The number of aromatic amines is 2. The number of nitrogens with zero attached hydrogens (tertiary/aromatic N) is 2. The summed E-state index contributed by atoms with van der Waals surface area (Å²) in [5.41, 5.74) is 12.4. The van der Waals surface area contributed by atoms with Crippen LogP contribution in [0.3, 0.4) is 0 Å². The Morgan fingerprint density at radius 2 is 1.36 bits per heavy atom. The molecule has 0 spiro atoms. The molecule has 172 valence electrons. The van der Waals surface area contributed by atoms with Crippen molar-refractivity contribution in [2.45, 2.75) is 26.7 Å². The van der Waals surface area contributed by atoms with Gasteiger partial charge in [-0.25, -0.2) is 9.97 Å². The summed E-state index contributed by atoms with van der Waals surface area (Å²) >= 11 is 0. The van der Waals surface area contributed by atoms with E-state index in [2.05, 4.69) is 82.8 Å². The summed E-state index contributed by atoms with van der Waals surface area (Å²) in [6, 6.07) is 26.9. The van der Waals surface area contributed by atoms with Crippen molar-refractivity contribution in [1.82, 2.24) is 19.9 Å². The lowest BCUT2D eigenvalue weighted by molar-refractivity contribution is 0.948. The van der Waals surface area contributed by atoms with E-state index in [-0.39, 0.29) is 0 Å². The van der Waals surface area contributed by atoms with Gasteiger partial charge in [-0.2, -0.15) is 0 Å². The molecular formula is C32H24N4. The first kappa shape index (κ1) is 19.8. The van der Waals surface area contributed by atoms with Crippen LogP contribution in [0.25, 0.3) is 65.9 Å². The highest BCUT2D eigenvalue weighted by molar-refractivity contribution is 6.23. The zero-order valence-corrected chi connectivity index (χ0v) is 20.2. The molecule has 8 rings (SSSR count). The lowest BCUT2D eigenvalue weighted by Crippen LogP contribution is -2.05. The van der Waals surface area contributed by atoms with Crippen molar-refractivity contribution in [3.63, 3.8) is 0 Å². The van der Waals surface area contributed by atoms with Gasteiger partial charge in [-0.3, -0.25) is 0 Å². The van der Waals surface area contributed by atoms with Crippen LogP contribution in [0.15, 0.2) is 72.8 Å². The third-order valence-electron chi connectivity index (χ3n) is 7.83. The normalized spacial score (nSPS) is 13.1. The van der Waals surface area contributed by atoms with Crippen LogP contribution >= 0.6 is 0 Å². The number of rotatable bonds is 1. The third kappa shape index (κ3) is 2.70. The summed E-state index contributed by atoms with van der Waals surface area (Å²) in [7, 11) is 0. The highest BCUT2D eigenvalue weighted by Gasteiger charge is 2.20. The zero-order chi connectivity index (χ0) is 24.0. The molecule has 1 aliphatic rings. The molecule has 0 bridgehead atoms. The lowest BCUT2D eigenvalue weighted by Gasteiger charge is -2.21. The van der Waals surface area contributed by atoms with Crippen LogP contribution in [-0.2, 0) is 12.8 Å². The van der Waals surface area contributed by atoms with Crippen LogP contribution in [0.2, 0.25) is 0 Å². The molecule has 2 heterocycles. The molecule has 0 aliphatic heterocycles. The molecule has 0 saturated carbocycles. The van der Waals surface area contributed by atoms with Crippen LogP contribution in [-0.4, -0.2) is 19.9 Å². The second-order valence-electron chi connectivity index (χ2n) is 10.0. The van der Waals surface area contributed by atoms with E-state index in [0.717, 1.165) is 46.6 Å². The van der Waals surface area contributed by atoms with Gasteiger partial charge in [0.05, 0.1) is 22.1 Å². The topological polar surface area (TPSA) is 57.4 Å². The Morgan fingerprint density at radius 1 is 0.611 bits per heavy atom. The predicted octanol–water partition coefficient (Wildman–Crippen LogP) is 7.80. The summed E-state index contributed by atoms with van der Waals surface area (Å²) in [5.74, 6) is 1.93. The Morgan fingerprint density at radius 3 is 2.28 bits per heavy atom. The Kier molecular flexibility index (Phi) is 3.88. The molecule has 0 atom stereocenters. The first-order valence-electron chi connectivity index (χ1n) is 12.6. The first-order chi connectivity index (χ1) is 17.6. The molecule has 2 N–H and O–H groups in total. The largest absolute Gasteiger partial charge is 0.342 e. The fourth-order valence-corrected chi connectivity index (χ4v) is 6.23. The maximum absolute atomic E-state index is 4.80. The van der Waals surface area contributed by atoms with E-state index in [0.29, 0.717) is 0 Å². The number of nitrogens with one attached hydrogen (secondary N) is 2. The van der Waals surface area contributed by atoms with E-state index < -0.39 is 0 Å². The standard InChI is InChI=1S/C32H24N4/c1-17-33-29-14-13-24-22-10-7-19(15-21(22)9-12-26(24)30(29)34-17)20-8-11-27-28(16-20)23-5-3-4-6-25(23)31-32(27)36-18(2)35-31/h3-8,10-11,13-16H,9,12H2,1-2H3,(H,33,34)(H,35,36). The maximum Gasteiger partial charge on any atom is 0.104 e. The Bertz CT molecular complexity index is 2020. The fraction of sp³-hybridized carbons (Fsp3) is 0.125.